The third kappa shape index (κ3) is 2.13. The molecule has 0 aliphatic carbocycles. The first-order valence-corrected chi connectivity index (χ1v) is 5.97. The number of nitrogens with zero attached hydrogens (tertiary/aromatic N) is 5. The van der Waals surface area contributed by atoms with Gasteiger partial charge in [0, 0.05) is 24.3 Å². The lowest BCUT2D eigenvalue weighted by atomic mass is 10.1. The topological polar surface area (TPSA) is 54.4 Å². The van der Waals surface area contributed by atoms with Gasteiger partial charge in [-0.05, 0) is 54.3 Å². The lowest BCUT2D eigenvalue weighted by molar-refractivity contribution is 0.578. The van der Waals surface area contributed by atoms with Gasteiger partial charge in [-0.25, -0.2) is 0 Å². The second kappa shape index (κ2) is 4.53. The van der Waals surface area contributed by atoms with E-state index in [1.165, 1.54) is 24.9 Å². The summed E-state index contributed by atoms with van der Waals surface area (Å²) in [5.41, 5.74) is 5.74. The van der Waals surface area contributed by atoms with E-state index < -0.39 is 0 Å². The number of hydrogen-bond donors (Lipinski definition) is 0. The van der Waals surface area contributed by atoms with Crippen LogP contribution in [0.3, 0.4) is 0 Å². The van der Waals surface area contributed by atoms with E-state index in [9.17, 15) is 0 Å². The summed E-state index contributed by atoms with van der Waals surface area (Å²) in [4.78, 5) is 2.43. The Morgan fingerprint density at radius 2 is 1.71 bits per heavy atom. The van der Waals surface area contributed by atoms with Crippen molar-refractivity contribution in [3.05, 3.63) is 29.8 Å². The fourth-order valence-corrected chi connectivity index (χ4v) is 2.23. The Morgan fingerprint density at radius 1 is 0.941 bits per heavy atom. The molecular formula is C12H14N5. The zero-order chi connectivity index (χ0) is 11.5. The molecule has 0 bridgehead atoms. The molecule has 1 aromatic rings. The summed E-state index contributed by atoms with van der Waals surface area (Å²) < 4.78 is 0. The predicted molar refractivity (Wildman–Crippen MR) is 66.0 cm³/mol. The zero-order valence-electron chi connectivity index (χ0n) is 9.58. The smallest absolute Gasteiger partial charge is 0.207 e. The number of piperidine rings is 1. The number of anilines is 1. The van der Waals surface area contributed by atoms with E-state index in [0.717, 1.165) is 18.7 Å². The molecule has 1 aromatic carbocycles. The molecule has 2 aliphatic rings. The fraction of sp³-hybridized carbons (Fsp3) is 0.417. The molecule has 0 N–H and O–H groups in total. The molecular weight excluding hydrogens is 214 g/mol. The third-order valence-electron chi connectivity index (χ3n) is 3.17. The average Bonchev–Trinajstić information content (AvgIpc) is 2.94. The Balaban J connectivity index is 1.77. The van der Waals surface area contributed by atoms with E-state index >= 15 is 0 Å². The first kappa shape index (κ1) is 10.3. The van der Waals surface area contributed by atoms with Crippen molar-refractivity contribution in [2.24, 2.45) is 15.4 Å². The molecule has 0 amide bonds. The van der Waals surface area contributed by atoms with Gasteiger partial charge in [0.2, 0.25) is 5.84 Å². The van der Waals surface area contributed by atoms with Gasteiger partial charge in [0.15, 0.2) is 0 Å². The molecule has 2 heterocycles. The van der Waals surface area contributed by atoms with Crippen LogP contribution in [-0.2, 0) is 0 Å². The third-order valence-corrected chi connectivity index (χ3v) is 3.17. The maximum atomic E-state index is 3.84. The van der Waals surface area contributed by atoms with Gasteiger partial charge in [0.25, 0.3) is 0 Å². The minimum absolute atomic E-state index is 0.593. The lowest BCUT2D eigenvalue weighted by Gasteiger charge is -2.28. The summed E-state index contributed by atoms with van der Waals surface area (Å²) in [6.45, 7) is 2.32. The number of hydrogen-bond acceptors (Lipinski definition) is 4. The Kier molecular flexibility index (Phi) is 2.73. The average molecular weight is 228 g/mol. The Morgan fingerprint density at radius 3 is 2.35 bits per heavy atom. The van der Waals surface area contributed by atoms with Crippen molar-refractivity contribution < 1.29 is 0 Å². The van der Waals surface area contributed by atoms with Gasteiger partial charge in [-0.1, -0.05) is 0 Å². The highest BCUT2D eigenvalue weighted by Crippen LogP contribution is 2.20. The highest BCUT2D eigenvalue weighted by molar-refractivity contribution is 5.99. The minimum atomic E-state index is 0.593. The number of benzene rings is 1. The Labute approximate surface area is 100 Å². The standard InChI is InChI=1S/C12H14N5/c1-2-8-17(9-3-1)11-6-4-10(5-7-11)12-13-15-16-14-12/h4-7H,1-3,8-9H2. The second-order valence-corrected chi connectivity index (χ2v) is 4.30. The molecule has 0 aromatic heterocycles. The van der Waals surface area contributed by atoms with Gasteiger partial charge in [0.1, 0.15) is 0 Å². The van der Waals surface area contributed by atoms with E-state index in [2.05, 4.69) is 38.0 Å². The van der Waals surface area contributed by atoms with Crippen molar-refractivity contribution in [1.29, 1.82) is 0 Å². The van der Waals surface area contributed by atoms with Crippen LogP contribution < -0.4 is 10.4 Å². The van der Waals surface area contributed by atoms with E-state index in [1.54, 1.807) is 0 Å². The molecule has 3 rings (SSSR count). The van der Waals surface area contributed by atoms with Gasteiger partial charge in [0.05, 0.1) is 0 Å². The van der Waals surface area contributed by atoms with E-state index in [-0.39, 0.29) is 0 Å². The monoisotopic (exact) mass is 228 g/mol. The summed E-state index contributed by atoms with van der Waals surface area (Å²) >= 11 is 0. The van der Waals surface area contributed by atoms with E-state index in [1.807, 2.05) is 12.1 Å². The van der Waals surface area contributed by atoms with Crippen molar-refractivity contribution >= 4 is 11.5 Å². The molecule has 17 heavy (non-hydrogen) atoms. The van der Waals surface area contributed by atoms with Crippen LogP contribution in [0.25, 0.3) is 0 Å². The van der Waals surface area contributed by atoms with Crippen LogP contribution in [0.4, 0.5) is 5.69 Å². The molecule has 1 radical (unpaired) electrons. The van der Waals surface area contributed by atoms with Crippen LogP contribution in [0, 0.1) is 0 Å². The molecule has 0 atom stereocenters. The van der Waals surface area contributed by atoms with Gasteiger partial charge >= 0.3 is 0 Å². The van der Waals surface area contributed by atoms with Crippen LogP contribution in [0.15, 0.2) is 39.7 Å². The number of amidine groups is 1. The molecule has 2 aliphatic heterocycles. The molecule has 0 unspecified atom stereocenters. The maximum Gasteiger partial charge on any atom is 0.207 e. The van der Waals surface area contributed by atoms with Gasteiger partial charge < -0.3 is 4.90 Å². The Bertz CT molecular complexity index is 442. The molecule has 87 valence electrons. The fourth-order valence-electron chi connectivity index (χ4n) is 2.23. The first-order valence-electron chi connectivity index (χ1n) is 5.97. The second-order valence-electron chi connectivity index (χ2n) is 4.30. The predicted octanol–water partition coefficient (Wildman–Crippen LogP) is 2.32. The summed E-state index contributed by atoms with van der Waals surface area (Å²) in [5, 5.41) is 11.2. The molecule has 1 saturated heterocycles. The van der Waals surface area contributed by atoms with Crippen LogP contribution in [0.2, 0.25) is 0 Å². The SMILES string of the molecule is c1cc(N2CCCCC2)ccc1C1=N[N]N=N1. The number of rotatable bonds is 2. The van der Waals surface area contributed by atoms with Crippen molar-refractivity contribution in [1.82, 2.24) is 5.53 Å². The summed E-state index contributed by atoms with van der Waals surface area (Å²) in [7, 11) is 0. The van der Waals surface area contributed by atoms with Gasteiger partial charge in [-0.2, -0.15) is 0 Å². The van der Waals surface area contributed by atoms with Crippen molar-refractivity contribution in [2.75, 3.05) is 18.0 Å². The van der Waals surface area contributed by atoms with Gasteiger partial charge in [-0.3, -0.25) is 0 Å². The molecule has 5 heteroatoms. The molecule has 5 nitrogen and oxygen atoms in total. The molecule has 0 spiro atoms. The zero-order valence-corrected chi connectivity index (χ0v) is 9.58. The van der Waals surface area contributed by atoms with Crippen molar-refractivity contribution in [3.8, 4) is 0 Å². The molecule has 1 fully saturated rings. The normalized spacial score (nSPS) is 19.1. The van der Waals surface area contributed by atoms with Crippen LogP contribution >= 0.6 is 0 Å². The summed E-state index contributed by atoms with van der Waals surface area (Å²) in [6.07, 6.45) is 3.94. The highest BCUT2D eigenvalue weighted by atomic mass is 15.6. The van der Waals surface area contributed by atoms with E-state index in [0.29, 0.717) is 5.84 Å². The molecule has 0 saturated carbocycles. The summed E-state index contributed by atoms with van der Waals surface area (Å²) in [6, 6.07) is 8.30. The Hall–Kier alpha value is -1.91. The van der Waals surface area contributed by atoms with Crippen LogP contribution in [0.1, 0.15) is 24.8 Å². The van der Waals surface area contributed by atoms with Crippen LogP contribution in [-0.4, -0.2) is 18.9 Å². The van der Waals surface area contributed by atoms with E-state index in [4.69, 9.17) is 0 Å². The maximum absolute atomic E-state index is 3.84. The van der Waals surface area contributed by atoms with Crippen LogP contribution in [0.5, 0.6) is 0 Å². The largest absolute Gasteiger partial charge is 0.372 e. The lowest BCUT2D eigenvalue weighted by Crippen LogP contribution is -2.29. The van der Waals surface area contributed by atoms with Gasteiger partial charge in [-0.15, -0.1) is 10.2 Å². The van der Waals surface area contributed by atoms with Crippen molar-refractivity contribution in [2.45, 2.75) is 19.3 Å². The summed E-state index contributed by atoms with van der Waals surface area (Å²) in [5.74, 6) is 0.593. The highest BCUT2D eigenvalue weighted by Gasteiger charge is 2.12. The van der Waals surface area contributed by atoms with Crippen molar-refractivity contribution in [3.63, 3.8) is 0 Å². The quantitative estimate of drug-likeness (QED) is 0.766. The first-order chi connectivity index (χ1) is 8.43. The minimum Gasteiger partial charge on any atom is -0.372 e.